The van der Waals surface area contributed by atoms with Crippen molar-refractivity contribution in [2.24, 2.45) is 17.3 Å². The number of nitrogens with one attached hydrogen (secondary N) is 1. The molecule has 3 amide bonds. The van der Waals surface area contributed by atoms with Gasteiger partial charge in [0.05, 0.1) is 28.6 Å². The maximum Gasteiger partial charge on any atom is 0.248 e. The minimum atomic E-state index is -0.927. The second-order valence-corrected chi connectivity index (χ2v) is 13.4. The van der Waals surface area contributed by atoms with E-state index in [9.17, 15) is 19.2 Å². The Morgan fingerprint density at radius 3 is 2.50 bits per heavy atom. The van der Waals surface area contributed by atoms with E-state index in [0.717, 1.165) is 5.56 Å². The molecule has 1 aromatic rings. The molecule has 4 saturated heterocycles. The first-order valence-electron chi connectivity index (χ1n) is 13.0. The molecule has 190 valence electrons. The SMILES string of the molecule is CC1CC23CC4C(CN2C1=O)(CC1(C(=O)Nc2c1ccc1c2C(=O)CC(C)(C)O1)C4(C)C)N(C)C3=O. The smallest absolute Gasteiger partial charge is 0.248 e. The lowest BCUT2D eigenvalue weighted by atomic mass is 9.57. The van der Waals surface area contributed by atoms with Crippen LogP contribution in [-0.2, 0) is 19.8 Å². The van der Waals surface area contributed by atoms with Crippen LogP contribution in [0, 0.1) is 17.3 Å². The van der Waals surface area contributed by atoms with Crippen molar-refractivity contribution < 1.29 is 23.9 Å². The maximum absolute atomic E-state index is 14.1. The Hall–Kier alpha value is -2.90. The molecule has 8 nitrogen and oxygen atoms in total. The van der Waals surface area contributed by atoms with Crippen LogP contribution in [0.25, 0.3) is 0 Å². The van der Waals surface area contributed by atoms with Crippen molar-refractivity contribution in [1.82, 2.24) is 9.80 Å². The molecule has 6 aliphatic heterocycles. The second kappa shape index (κ2) is 5.97. The number of carbonyl (C=O) groups is 4. The van der Waals surface area contributed by atoms with Crippen LogP contribution in [-0.4, -0.2) is 63.6 Å². The summed E-state index contributed by atoms with van der Waals surface area (Å²) in [7, 11) is 1.86. The first-order valence-corrected chi connectivity index (χ1v) is 13.0. The van der Waals surface area contributed by atoms with Crippen molar-refractivity contribution in [3.05, 3.63) is 23.3 Å². The van der Waals surface area contributed by atoms with E-state index in [0.29, 0.717) is 42.8 Å². The topological polar surface area (TPSA) is 96.0 Å². The van der Waals surface area contributed by atoms with Gasteiger partial charge in [-0.25, -0.2) is 0 Å². The Labute approximate surface area is 210 Å². The molecular weight excluding hydrogens is 458 g/mol. The molecule has 1 aliphatic carbocycles. The molecule has 6 heterocycles. The zero-order chi connectivity index (χ0) is 25.8. The van der Waals surface area contributed by atoms with Crippen molar-refractivity contribution in [3.8, 4) is 5.75 Å². The van der Waals surface area contributed by atoms with Gasteiger partial charge in [0.25, 0.3) is 0 Å². The minimum Gasteiger partial charge on any atom is -0.487 e. The Kier molecular flexibility index (Phi) is 3.70. The van der Waals surface area contributed by atoms with Crippen LogP contribution in [0.3, 0.4) is 0 Å². The van der Waals surface area contributed by atoms with E-state index in [2.05, 4.69) is 19.2 Å². The number of ketones is 1. The molecule has 5 atom stereocenters. The molecule has 8 rings (SSSR count). The molecule has 36 heavy (non-hydrogen) atoms. The normalized spacial score (nSPS) is 40.7. The number of fused-ring (bicyclic) bond motifs is 5. The van der Waals surface area contributed by atoms with Crippen LogP contribution in [0.5, 0.6) is 5.75 Å². The number of carbonyl (C=O) groups excluding carboxylic acids is 4. The lowest BCUT2D eigenvalue weighted by Gasteiger charge is -2.63. The predicted octanol–water partition coefficient (Wildman–Crippen LogP) is 2.89. The highest BCUT2D eigenvalue weighted by Crippen LogP contribution is 2.72. The molecule has 1 aromatic carbocycles. The number of hydrogen-bond acceptors (Lipinski definition) is 5. The molecule has 0 radical (unpaired) electrons. The van der Waals surface area contributed by atoms with Crippen LogP contribution in [0.2, 0.25) is 0 Å². The summed E-state index contributed by atoms with van der Waals surface area (Å²) in [6.45, 7) is 10.4. The number of amides is 3. The summed E-state index contributed by atoms with van der Waals surface area (Å²) >= 11 is 0. The molecule has 2 bridgehead atoms. The molecule has 7 aliphatic rings. The van der Waals surface area contributed by atoms with Gasteiger partial charge >= 0.3 is 0 Å². The first kappa shape index (κ1) is 22.3. The van der Waals surface area contributed by atoms with E-state index in [1.165, 1.54) is 0 Å². The molecule has 0 aromatic heterocycles. The number of ether oxygens (including phenoxy) is 1. The highest BCUT2D eigenvalue weighted by Gasteiger charge is 2.80. The van der Waals surface area contributed by atoms with E-state index in [1.54, 1.807) is 0 Å². The first-order chi connectivity index (χ1) is 16.7. The number of Topliss-reactive ketones (excluding diaryl/α,β-unsaturated/α-hetero) is 1. The van der Waals surface area contributed by atoms with E-state index in [-0.39, 0.29) is 41.8 Å². The van der Waals surface area contributed by atoms with Gasteiger partial charge in [0.15, 0.2) is 5.78 Å². The number of piperazine rings is 1. The van der Waals surface area contributed by atoms with E-state index >= 15 is 0 Å². The Bertz CT molecular complexity index is 1330. The van der Waals surface area contributed by atoms with Crippen molar-refractivity contribution >= 4 is 29.2 Å². The fourth-order valence-electron chi connectivity index (χ4n) is 9.27. The largest absolute Gasteiger partial charge is 0.487 e. The third-order valence-corrected chi connectivity index (χ3v) is 10.9. The third kappa shape index (κ3) is 2.09. The molecule has 3 spiro atoms. The average Bonchev–Trinajstić information content (AvgIpc) is 3.29. The maximum atomic E-state index is 14.1. The summed E-state index contributed by atoms with van der Waals surface area (Å²) in [5, 5.41) is 3.10. The third-order valence-electron chi connectivity index (χ3n) is 10.9. The van der Waals surface area contributed by atoms with Crippen LogP contribution < -0.4 is 10.1 Å². The molecule has 5 unspecified atom stereocenters. The van der Waals surface area contributed by atoms with Crippen LogP contribution in [0.1, 0.15) is 76.2 Å². The molecule has 1 N–H and O–H groups in total. The van der Waals surface area contributed by atoms with E-state index in [1.807, 2.05) is 49.8 Å². The average molecular weight is 492 g/mol. The fraction of sp³-hybridized carbons (Fsp3) is 0.643. The lowest BCUT2D eigenvalue weighted by molar-refractivity contribution is -0.188. The number of benzene rings is 1. The number of nitrogens with zero attached hydrogens (tertiary/aromatic N) is 2. The summed E-state index contributed by atoms with van der Waals surface area (Å²) in [6.07, 6.45) is 1.77. The van der Waals surface area contributed by atoms with Gasteiger partial charge in [-0.3, -0.25) is 19.2 Å². The standard InChI is InChI=1S/C28H33N3O5/c1-14-9-26-11-18-25(4,5)28(12-27(18,30(6)23(26)35)13-31(26)21(14)33)15-7-8-17-19(20(15)29-22(28)34)16(32)10-24(2,3)36-17/h7-8,14,18H,9-13H2,1-6H3,(H,29,34). The summed E-state index contributed by atoms with van der Waals surface area (Å²) in [5.74, 6) is 0.250. The van der Waals surface area contributed by atoms with Crippen molar-refractivity contribution in [2.45, 2.75) is 82.4 Å². The quantitative estimate of drug-likeness (QED) is 0.602. The molecule has 8 heteroatoms. The van der Waals surface area contributed by atoms with Crippen molar-refractivity contribution in [2.75, 3.05) is 18.9 Å². The fourth-order valence-corrected chi connectivity index (χ4v) is 9.27. The van der Waals surface area contributed by atoms with Crippen LogP contribution in [0.4, 0.5) is 5.69 Å². The molecular formula is C28H33N3O5. The van der Waals surface area contributed by atoms with Gasteiger partial charge in [0, 0.05) is 19.5 Å². The zero-order valence-corrected chi connectivity index (χ0v) is 21.8. The second-order valence-electron chi connectivity index (χ2n) is 13.4. The lowest BCUT2D eigenvalue weighted by Crippen LogP contribution is -2.79. The molecule has 1 saturated carbocycles. The van der Waals surface area contributed by atoms with Crippen molar-refractivity contribution in [3.63, 3.8) is 0 Å². The number of anilines is 1. The van der Waals surface area contributed by atoms with Crippen LogP contribution >= 0.6 is 0 Å². The number of piperidine rings is 2. The van der Waals surface area contributed by atoms with Crippen molar-refractivity contribution in [1.29, 1.82) is 0 Å². The predicted molar refractivity (Wildman–Crippen MR) is 131 cm³/mol. The van der Waals surface area contributed by atoms with Gasteiger partial charge in [-0.1, -0.05) is 26.8 Å². The highest BCUT2D eigenvalue weighted by atomic mass is 16.5. The Balaban J connectivity index is 1.42. The van der Waals surface area contributed by atoms with Gasteiger partial charge in [-0.15, -0.1) is 0 Å². The summed E-state index contributed by atoms with van der Waals surface area (Å²) in [5.41, 5.74) is -1.66. The van der Waals surface area contributed by atoms with Gasteiger partial charge in [-0.2, -0.15) is 0 Å². The monoisotopic (exact) mass is 491 g/mol. The Morgan fingerprint density at radius 2 is 1.78 bits per heavy atom. The van der Waals surface area contributed by atoms with Crippen LogP contribution in [0.15, 0.2) is 12.1 Å². The molecule has 5 fully saturated rings. The van der Waals surface area contributed by atoms with Gasteiger partial charge in [0.1, 0.15) is 16.9 Å². The van der Waals surface area contributed by atoms with Gasteiger partial charge < -0.3 is 19.9 Å². The van der Waals surface area contributed by atoms with Gasteiger partial charge in [0.2, 0.25) is 17.7 Å². The Morgan fingerprint density at radius 1 is 1.06 bits per heavy atom. The minimum absolute atomic E-state index is 0.00503. The highest BCUT2D eigenvalue weighted by molar-refractivity contribution is 6.16. The summed E-state index contributed by atoms with van der Waals surface area (Å²) in [6, 6.07) is 3.77. The zero-order valence-electron chi connectivity index (χ0n) is 21.8. The van der Waals surface area contributed by atoms with E-state index in [4.69, 9.17) is 4.74 Å². The van der Waals surface area contributed by atoms with E-state index < -0.39 is 27.5 Å². The number of rotatable bonds is 0. The number of hydrogen-bond donors (Lipinski definition) is 1. The number of likely N-dealkylation sites (N-methyl/N-ethyl adjacent to an activating group) is 1. The summed E-state index contributed by atoms with van der Waals surface area (Å²) in [4.78, 5) is 58.1. The van der Waals surface area contributed by atoms with Gasteiger partial charge in [-0.05, 0) is 56.1 Å². The summed E-state index contributed by atoms with van der Waals surface area (Å²) < 4.78 is 6.13.